The summed E-state index contributed by atoms with van der Waals surface area (Å²) in [6.45, 7) is 8.81. The molecular weight excluding hydrogens is 424 g/mol. The van der Waals surface area contributed by atoms with Gasteiger partial charge in [-0.05, 0) is 56.9 Å². The highest BCUT2D eigenvalue weighted by molar-refractivity contribution is 5.94. The van der Waals surface area contributed by atoms with Crippen molar-refractivity contribution in [3.63, 3.8) is 0 Å². The van der Waals surface area contributed by atoms with Gasteiger partial charge in [-0.3, -0.25) is 9.59 Å². The minimum atomic E-state index is -0.0241. The molecule has 0 bridgehead atoms. The number of carbonyl (C=O) groups is 2. The summed E-state index contributed by atoms with van der Waals surface area (Å²) < 4.78 is 2.09. The fourth-order valence-electron chi connectivity index (χ4n) is 4.22. The standard InChI is InChI=1S/C28H38N4O2/c1-4-19-31(20-5-2)27(33)21-32-25-12-9-8-11-24(25)30-26(32)13-7-6-10-18-29-28(34)23-16-14-22(3)15-17-23/h8-9,11-12,14-17H,4-7,10,13,18-21H2,1-3H3,(H,29,34). The van der Waals surface area contributed by atoms with Crippen molar-refractivity contribution in [2.45, 2.75) is 65.8 Å². The van der Waals surface area contributed by atoms with Gasteiger partial charge < -0.3 is 14.8 Å². The van der Waals surface area contributed by atoms with Crippen LogP contribution in [0.3, 0.4) is 0 Å². The van der Waals surface area contributed by atoms with Gasteiger partial charge in [-0.25, -0.2) is 4.98 Å². The van der Waals surface area contributed by atoms with Crippen molar-refractivity contribution in [1.82, 2.24) is 19.8 Å². The molecule has 0 radical (unpaired) electrons. The molecule has 0 aliphatic heterocycles. The van der Waals surface area contributed by atoms with Crippen LogP contribution in [0, 0.1) is 6.92 Å². The van der Waals surface area contributed by atoms with E-state index in [4.69, 9.17) is 4.98 Å². The smallest absolute Gasteiger partial charge is 0.251 e. The molecule has 0 spiro atoms. The summed E-state index contributed by atoms with van der Waals surface area (Å²) in [5.41, 5.74) is 3.80. The second-order valence-corrected chi connectivity index (χ2v) is 8.92. The van der Waals surface area contributed by atoms with E-state index < -0.39 is 0 Å². The number of carbonyl (C=O) groups excluding carboxylic acids is 2. The number of nitrogens with zero attached hydrogens (tertiary/aromatic N) is 3. The largest absolute Gasteiger partial charge is 0.352 e. The number of hydrogen-bond acceptors (Lipinski definition) is 3. The van der Waals surface area contributed by atoms with Gasteiger partial charge in [-0.2, -0.15) is 0 Å². The Morgan fingerprint density at radius 1 is 0.941 bits per heavy atom. The molecule has 6 nitrogen and oxygen atoms in total. The topological polar surface area (TPSA) is 67.2 Å². The SMILES string of the molecule is CCCN(CCC)C(=O)Cn1c(CCCCCNC(=O)c2ccc(C)cc2)nc2ccccc21. The molecule has 3 aromatic rings. The summed E-state index contributed by atoms with van der Waals surface area (Å²) >= 11 is 0. The van der Waals surface area contributed by atoms with E-state index in [9.17, 15) is 9.59 Å². The first-order chi connectivity index (χ1) is 16.5. The molecule has 0 atom stereocenters. The van der Waals surface area contributed by atoms with Crippen molar-refractivity contribution in [1.29, 1.82) is 0 Å². The second kappa shape index (κ2) is 12.9. The Balaban J connectivity index is 1.54. The number of unbranched alkanes of at least 4 members (excludes halogenated alkanes) is 2. The third-order valence-electron chi connectivity index (χ3n) is 6.04. The van der Waals surface area contributed by atoms with E-state index in [0.29, 0.717) is 18.7 Å². The molecule has 0 aliphatic carbocycles. The molecule has 2 amide bonds. The molecule has 6 heteroatoms. The lowest BCUT2D eigenvalue weighted by atomic mass is 10.1. The highest BCUT2D eigenvalue weighted by Crippen LogP contribution is 2.18. The summed E-state index contributed by atoms with van der Waals surface area (Å²) in [5.74, 6) is 1.10. The van der Waals surface area contributed by atoms with Crippen molar-refractivity contribution >= 4 is 22.8 Å². The maximum atomic E-state index is 13.0. The van der Waals surface area contributed by atoms with Gasteiger partial charge in [-0.15, -0.1) is 0 Å². The molecule has 0 unspecified atom stereocenters. The zero-order valence-electron chi connectivity index (χ0n) is 20.8. The number of nitrogens with one attached hydrogen (secondary N) is 1. The Hall–Kier alpha value is -3.15. The van der Waals surface area contributed by atoms with Gasteiger partial charge in [0.2, 0.25) is 5.91 Å². The van der Waals surface area contributed by atoms with Crippen LogP contribution >= 0.6 is 0 Å². The molecule has 3 rings (SSSR count). The monoisotopic (exact) mass is 462 g/mol. The third kappa shape index (κ3) is 6.92. The molecule has 2 aromatic carbocycles. The average Bonchev–Trinajstić information content (AvgIpc) is 3.18. The first kappa shape index (κ1) is 25.5. The van der Waals surface area contributed by atoms with Crippen molar-refractivity contribution in [3.05, 3.63) is 65.5 Å². The molecule has 0 aliphatic rings. The highest BCUT2D eigenvalue weighted by Gasteiger charge is 2.17. The molecule has 1 heterocycles. The summed E-state index contributed by atoms with van der Waals surface area (Å²) in [7, 11) is 0. The number of benzene rings is 2. The summed E-state index contributed by atoms with van der Waals surface area (Å²) in [6, 6.07) is 15.7. The lowest BCUT2D eigenvalue weighted by Crippen LogP contribution is -2.35. The molecule has 1 aromatic heterocycles. The number of hydrogen-bond donors (Lipinski definition) is 1. The highest BCUT2D eigenvalue weighted by atomic mass is 16.2. The van der Waals surface area contributed by atoms with E-state index in [1.54, 1.807) is 0 Å². The molecule has 1 N–H and O–H groups in total. The summed E-state index contributed by atoms with van der Waals surface area (Å²) in [5, 5.41) is 3.00. The number of rotatable bonds is 13. The van der Waals surface area contributed by atoms with E-state index in [-0.39, 0.29) is 11.8 Å². The van der Waals surface area contributed by atoms with Crippen molar-refractivity contribution < 1.29 is 9.59 Å². The molecule has 182 valence electrons. The number of imidazole rings is 1. The fourth-order valence-corrected chi connectivity index (χ4v) is 4.22. The summed E-state index contributed by atoms with van der Waals surface area (Å²) in [4.78, 5) is 32.1. The van der Waals surface area contributed by atoms with Crippen LogP contribution in [0.25, 0.3) is 11.0 Å². The minimum absolute atomic E-state index is 0.0241. The van der Waals surface area contributed by atoms with Crippen LogP contribution in [0.15, 0.2) is 48.5 Å². The maximum Gasteiger partial charge on any atom is 0.251 e. The molecule has 0 saturated heterocycles. The molecule has 34 heavy (non-hydrogen) atoms. The van der Waals surface area contributed by atoms with E-state index in [0.717, 1.165) is 74.0 Å². The van der Waals surface area contributed by atoms with Gasteiger partial charge in [0.05, 0.1) is 11.0 Å². The predicted octanol–water partition coefficient (Wildman–Crippen LogP) is 5.14. The third-order valence-corrected chi connectivity index (χ3v) is 6.04. The first-order valence-corrected chi connectivity index (χ1v) is 12.6. The molecule has 0 fully saturated rings. The van der Waals surface area contributed by atoms with E-state index in [1.807, 2.05) is 60.4 Å². The summed E-state index contributed by atoms with van der Waals surface area (Å²) in [6.07, 6.45) is 5.61. The van der Waals surface area contributed by atoms with Crippen molar-refractivity contribution in [3.8, 4) is 0 Å². The second-order valence-electron chi connectivity index (χ2n) is 8.92. The lowest BCUT2D eigenvalue weighted by Gasteiger charge is -2.22. The first-order valence-electron chi connectivity index (χ1n) is 12.6. The number of para-hydroxylation sites is 2. The Labute approximate surface area is 203 Å². The quantitative estimate of drug-likeness (QED) is 0.358. The Kier molecular flexibility index (Phi) is 9.68. The van der Waals surface area contributed by atoms with Gasteiger partial charge in [0, 0.05) is 31.6 Å². The Bertz CT molecular complexity index is 1070. The van der Waals surface area contributed by atoms with Crippen LogP contribution in [-0.4, -0.2) is 45.9 Å². The van der Waals surface area contributed by atoms with Gasteiger partial charge in [0.25, 0.3) is 5.91 Å². The van der Waals surface area contributed by atoms with E-state index in [2.05, 4.69) is 23.7 Å². The van der Waals surface area contributed by atoms with Crippen LogP contribution < -0.4 is 5.32 Å². The van der Waals surface area contributed by atoms with Crippen molar-refractivity contribution in [2.24, 2.45) is 0 Å². The number of aryl methyl sites for hydroxylation is 2. The zero-order valence-corrected chi connectivity index (χ0v) is 20.8. The van der Waals surface area contributed by atoms with Gasteiger partial charge in [0.1, 0.15) is 12.4 Å². The van der Waals surface area contributed by atoms with Crippen molar-refractivity contribution in [2.75, 3.05) is 19.6 Å². The van der Waals surface area contributed by atoms with Crippen LogP contribution in [0.5, 0.6) is 0 Å². The van der Waals surface area contributed by atoms with Gasteiger partial charge in [-0.1, -0.05) is 50.1 Å². The van der Waals surface area contributed by atoms with E-state index in [1.165, 1.54) is 0 Å². The van der Waals surface area contributed by atoms with Gasteiger partial charge >= 0.3 is 0 Å². The number of aromatic nitrogens is 2. The zero-order chi connectivity index (χ0) is 24.3. The average molecular weight is 463 g/mol. The number of amides is 2. The minimum Gasteiger partial charge on any atom is -0.352 e. The van der Waals surface area contributed by atoms with E-state index >= 15 is 0 Å². The number of fused-ring (bicyclic) bond motifs is 1. The molecular formula is C28H38N4O2. The van der Waals surface area contributed by atoms with Crippen LogP contribution in [0.4, 0.5) is 0 Å². The normalized spacial score (nSPS) is 11.0. The fraction of sp³-hybridized carbons (Fsp3) is 0.464. The van der Waals surface area contributed by atoms with Crippen LogP contribution in [0.1, 0.15) is 67.7 Å². The predicted molar refractivity (Wildman–Crippen MR) is 138 cm³/mol. The Morgan fingerprint density at radius 2 is 1.65 bits per heavy atom. The Morgan fingerprint density at radius 3 is 2.35 bits per heavy atom. The maximum absolute atomic E-state index is 13.0. The van der Waals surface area contributed by atoms with Crippen LogP contribution in [0.2, 0.25) is 0 Å². The van der Waals surface area contributed by atoms with Gasteiger partial charge in [0.15, 0.2) is 0 Å². The lowest BCUT2D eigenvalue weighted by molar-refractivity contribution is -0.131. The van der Waals surface area contributed by atoms with Crippen LogP contribution in [-0.2, 0) is 17.8 Å². The molecule has 0 saturated carbocycles.